The molecule has 1 aromatic carbocycles. The number of amides is 1. The molecule has 0 fully saturated rings. The predicted molar refractivity (Wildman–Crippen MR) is 98.9 cm³/mol. The minimum Gasteiger partial charge on any atom is -0.484 e. The van der Waals surface area contributed by atoms with Gasteiger partial charge in [0, 0.05) is 13.0 Å². The molecule has 1 amide bonds. The van der Waals surface area contributed by atoms with Crippen molar-refractivity contribution < 1.29 is 19.4 Å². The van der Waals surface area contributed by atoms with Crippen LogP contribution in [-0.4, -0.2) is 30.1 Å². The number of hydrogen-bond acceptors (Lipinski definition) is 3. The second-order valence-corrected chi connectivity index (χ2v) is 6.42. The van der Waals surface area contributed by atoms with Gasteiger partial charge in [-0.3, -0.25) is 9.59 Å². The number of carbonyl (C=O) groups excluding carboxylic acids is 1. The van der Waals surface area contributed by atoms with Gasteiger partial charge in [-0.15, -0.1) is 0 Å². The third kappa shape index (κ3) is 12.0. The number of hydrogen-bond donors (Lipinski definition) is 2. The van der Waals surface area contributed by atoms with E-state index in [1.807, 2.05) is 31.2 Å². The third-order valence-corrected chi connectivity index (χ3v) is 4.03. The summed E-state index contributed by atoms with van der Waals surface area (Å²) in [6.07, 6.45) is 8.77. The highest BCUT2D eigenvalue weighted by atomic mass is 16.5. The zero-order valence-corrected chi connectivity index (χ0v) is 15.3. The number of unbranched alkanes of at least 4 members (excludes halogenated alkanes) is 7. The van der Waals surface area contributed by atoms with Crippen LogP contribution in [0.15, 0.2) is 24.3 Å². The smallest absolute Gasteiger partial charge is 0.303 e. The van der Waals surface area contributed by atoms with Crippen molar-refractivity contribution >= 4 is 11.9 Å². The van der Waals surface area contributed by atoms with Gasteiger partial charge in [-0.25, -0.2) is 0 Å². The topological polar surface area (TPSA) is 75.6 Å². The van der Waals surface area contributed by atoms with Crippen molar-refractivity contribution in [3.8, 4) is 5.75 Å². The number of benzene rings is 1. The van der Waals surface area contributed by atoms with E-state index in [1.54, 1.807) is 0 Å². The van der Waals surface area contributed by atoms with Crippen LogP contribution in [0, 0.1) is 6.92 Å². The minimum atomic E-state index is -0.702. The Kier molecular flexibility index (Phi) is 11.2. The number of nitrogens with one attached hydrogen (secondary N) is 1. The molecule has 0 saturated carbocycles. The van der Waals surface area contributed by atoms with E-state index in [0.717, 1.165) is 50.5 Å². The van der Waals surface area contributed by atoms with Gasteiger partial charge in [-0.2, -0.15) is 0 Å². The molecule has 0 aromatic heterocycles. The molecule has 0 heterocycles. The number of rotatable bonds is 14. The lowest BCUT2D eigenvalue weighted by Gasteiger charge is -2.08. The number of ether oxygens (including phenoxy) is 1. The van der Waals surface area contributed by atoms with Crippen LogP contribution in [0.5, 0.6) is 5.75 Å². The number of carboxylic acids is 1. The fourth-order valence-corrected chi connectivity index (χ4v) is 2.52. The van der Waals surface area contributed by atoms with Crippen LogP contribution >= 0.6 is 0 Å². The van der Waals surface area contributed by atoms with E-state index < -0.39 is 5.97 Å². The molecule has 0 bridgehead atoms. The summed E-state index contributed by atoms with van der Waals surface area (Å²) in [5, 5.41) is 11.4. The Morgan fingerprint density at radius 1 is 0.920 bits per heavy atom. The quantitative estimate of drug-likeness (QED) is 0.496. The highest BCUT2D eigenvalue weighted by molar-refractivity contribution is 5.77. The Morgan fingerprint density at radius 2 is 1.48 bits per heavy atom. The SMILES string of the molecule is Cc1ccc(OCC(=O)NCCCCCCCCCCC(=O)O)cc1. The van der Waals surface area contributed by atoms with Crippen molar-refractivity contribution in [2.75, 3.05) is 13.2 Å². The van der Waals surface area contributed by atoms with E-state index in [9.17, 15) is 9.59 Å². The fourth-order valence-electron chi connectivity index (χ4n) is 2.52. The Balaban J connectivity index is 1.88. The zero-order valence-electron chi connectivity index (χ0n) is 15.3. The summed E-state index contributed by atoms with van der Waals surface area (Å²) in [7, 11) is 0. The number of aliphatic carboxylic acids is 1. The fraction of sp³-hybridized carbons (Fsp3) is 0.600. The molecule has 5 nitrogen and oxygen atoms in total. The lowest BCUT2D eigenvalue weighted by Crippen LogP contribution is -2.29. The summed E-state index contributed by atoms with van der Waals surface area (Å²) in [5.74, 6) is -0.0746. The molecule has 0 aliphatic carbocycles. The van der Waals surface area contributed by atoms with Crippen molar-refractivity contribution in [1.29, 1.82) is 0 Å². The molecule has 1 rings (SSSR count). The Morgan fingerprint density at radius 3 is 2.08 bits per heavy atom. The number of aryl methyl sites for hydroxylation is 1. The van der Waals surface area contributed by atoms with Gasteiger partial charge in [0.15, 0.2) is 6.61 Å². The highest BCUT2D eigenvalue weighted by Crippen LogP contribution is 2.11. The second-order valence-electron chi connectivity index (χ2n) is 6.42. The van der Waals surface area contributed by atoms with Crippen LogP contribution in [-0.2, 0) is 9.59 Å². The largest absolute Gasteiger partial charge is 0.484 e. The van der Waals surface area contributed by atoms with Gasteiger partial charge >= 0.3 is 5.97 Å². The van der Waals surface area contributed by atoms with Crippen molar-refractivity contribution in [3.05, 3.63) is 29.8 Å². The first-order valence-corrected chi connectivity index (χ1v) is 9.26. The van der Waals surface area contributed by atoms with E-state index in [0.29, 0.717) is 12.3 Å². The van der Waals surface area contributed by atoms with Crippen molar-refractivity contribution in [2.45, 2.75) is 64.7 Å². The summed E-state index contributed by atoms with van der Waals surface area (Å²) in [6.45, 7) is 2.75. The summed E-state index contributed by atoms with van der Waals surface area (Å²) >= 11 is 0. The average molecular weight is 349 g/mol. The monoisotopic (exact) mass is 349 g/mol. The Bertz CT molecular complexity index is 499. The molecule has 25 heavy (non-hydrogen) atoms. The molecule has 1 aromatic rings. The van der Waals surface area contributed by atoms with E-state index in [4.69, 9.17) is 9.84 Å². The lowest BCUT2D eigenvalue weighted by atomic mass is 10.1. The maximum atomic E-state index is 11.7. The Labute approximate surface area is 150 Å². The molecule has 0 atom stereocenters. The Hall–Kier alpha value is -2.04. The molecule has 0 spiro atoms. The van der Waals surface area contributed by atoms with Gasteiger partial charge in [0.1, 0.15) is 5.75 Å². The number of carboxylic acid groups (broad SMARTS) is 1. The summed E-state index contributed by atoms with van der Waals surface area (Å²) in [6, 6.07) is 7.65. The summed E-state index contributed by atoms with van der Waals surface area (Å²) < 4.78 is 5.43. The van der Waals surface area contributed by atoms with E-state index in [1.165, 1.54) is 6.42 Å². The van der Waals surface area contributed by atoms with Gasteiger partial charge in [0.25, 0.3) is 5.91 Å². The van der Waals surface area contributed by atoms with Crippen LogP contribution in [0.3, 0.4) is 0 Å². The first kappa shape index (κ1) is 21.0. The van der Waals surface area contributed by atoms with Crippen LogP contribution in [0.1, 0.15) is 63.4 Å². The van der Waals surface area contributed by atoms with Crippen molar-refractivity contribution in [1.82, 2.24) is 5.32 Å². The molecule has 0 unspecified atom stereocenters. The first-order chi connectivity index (χ1) is 12.1. The summed E-state index contributed by atoms with van der Waals surface area (Å²) in [5.41, 5.74) is 1.16. The lowest BCUT2D eigenvalue weighted by molar-refractivity contribution is -0.137. The van der Waals surface area contributed by atoms with Crippen LogP contribution in [0.25, 0.3) is 0 Å². The van der Waals surface area contributed by atoms with Gasteiger partial charge < -0.3 is 15.2 Å². The standard InChI is InChI=1S/C20H31NO4/c1-17-11-13-18(14-12-17)25-16-19(22)21-15-9-7-5-3-2-4-6-8-10-20(23)24/h11-14H,2-10,15-16H2,1H3,(H,21,22)(H,23,24). The van der Waals surface area contributed by atoms with Gasteiger partial charge in [0.2, 0.25) is 0 Å². The van der Waals surface area contributed by atoms with E-state index >= 15 is 0 Å². The van der Waals surface area contributed by atoms with Crippen molar-refractivity contribution in [3.63, 3.8) is 0 Å². The van der Waals surface area contributed by atoms with Gasteiger partial charge in [0.05, 0.1) is 0 Å². The molecule has 0 aliphatic rings. The molecule has 5 heteroatoms. The second kappa shape index (κ2) is 13.3. The third-order valence-electron chi connectivity index (χ3n) is 4.03. The first-order valence-electron chi connectivity index (χ1n) is 9.26. The molecule has 0 saturated heterocycles. The predicted octanol–water partition coefficient (Wildman–Crippen LogP) is 4.09. The molecular weight excluding hydrogens is 318 g/mol. The van der Waals surface area contributed by atoms with E-state index in [-0.39, 0.29) is 18.9 Å². The van der Waals surface area contributed by atoms with E-state index in [2.05, 4.69) is 5.32 Å². The maximum absolute atomic E-state index is 11.7. The number of carbonyl (C=O) groups is 2. The highest BCUT2D eigenvalue weighted by Gasteiger charge is 2.02. The zero-order chi connectivity index (χ0) is 18.3. The maximum Gasteiger partial charge on any atom is 0.303 e. The molecular formula is C20H31NO4. The summed E-state index contributed by atoms with van der Waals surface area (Å²) in [4.78, 5) is 22.1. The molecule has 0 radical (unpaired) electrons. The molecule has 140 valence electrons. The van der Waals surface area contributed by atoms with Crippen LogP contribution in [0.4, 0.5) is 0 Å². The minimum absolute atomic E-state index is 0.0550. The van der Waals surface area contributed by atoms with Gasteiger partial charge in [-0.1, -0.05) is 56.2 Å². The molecule has 0 aliphatic heterocycles. The average Bonchev–Trinajstić information content (AvgIpc) is 2.59. The van der Waals surface area contributed by atoms with Crippen LogP contribution < -0.4 is 10.1 Å². The van der Waals surface area contributed by atoms with Gasteiger partial charge in [-0.05, 0) is 31.9 Å². The normalized spacial score (nSPS) is 10.4. The molecule has 2 N–H and O–H groups in total. The van der Waals surface area contributed by atoms with Crippen LogP contribution in [0.2, 0.25) is 0 Å². The van der Waals surface area contributed by atoms with Crippen molar-refractivity contribution in [2.24, 2.45) is 0 Å².